The van der Waals surface area contributed by atoms with Crippen LogP contribution in [0, 0.1) is 24.0 Å². The summed E-state index contributed by atoms with van der Waals surface area (Å²) >= 11 is 0. The van der Waals surface area contributed by atoms with Crippen molar-refractivity contribution in [2.45, 2.75) is 20.4 Å². The van der Waals surface area contributed by atoms with Gasteiger partial charge in [-0.15, -0.1) is 10.2 Å². The Bertz CT molecular complexity index is 1120. The fraction of sp³-hybridized carbons (Fsp3) is 0.368. The van der Waals surface area contributed by atoms with Crippen LogP contribution in [0.1, 0.15) is 27.6 Å². The van der Waals surface area contributed by atoms with Crippen molar-refractivity contribution in [2.75, 3.05) is 31.2 Å². The number of ether oxygens (including phenoxy) is 1. The van der Waals surface area contributed by atoms with E-state index in [1.165, 1.54) is 6.07 Å². The van der Waals surface area contributed by atoms with Gasteiger partial charge in [0.1, 0.15) is 5.69 Å². The summed E-state index contributed by atoms with van der Waals surface area (Å²) < 4.78 is 7.06. The fourth-order valence-corrected chi connectivity index (χ4v) is 3.56. The first kappa shape index (κ1) is 19.7. The molecular weight excluding hydrogens is 390 g/mol. The molecule has 0 bridgehead atoms. The van der Waals surface area contributed by atoms with E-state index in [4.69, 9.17) is 4.74 Å². The van der Waals surface area contributed by atoms with Gasteiger partial charge in [-0.05, 0) is 32.0 Å². The summed E-state index contributed by atoms with van der Waals surface area (Å²) in [4.78, 5) is 30.0. The molecule has 1 aliphatic rings. The Labute approximate surface area is 171 Å². The topological polar surface area (TPSA) is 128 Å². The Morgan fingerprint density at radius 1 is 1.23 bits per heavy atom. The number of hydrogen-bond donors (Lipinski definition) is 1. The Morgan fingerprint density at radius 3 is 2.73 bits per heavy atom. The largest absolute Gasteiger partial charge is 0.378 e. The number of hydrogen-bond acceptors (Lipinski definition) is 8. The molecule has 0 aliphatic carbocycles. The van der Waals surface area contributed by atoms with Crippen molar-refractivity contribution in [1.29, 1.82) is 0 Å². The zero-order valence-corrected chi connectivity index (χ0v) is 16.7. The maximum Gasteiger partial charge on any atom is 0.293 e. The smallest absolute Gasteiger partial charge is 0.293 e. The summed E-state index contributed by atoms with van der Waals surface area (Å²) in [5.41, 5.74) is 2.32. The second-order valence-electron chi connectivity index (χ2n) is 7.03. The van der Waals surface area contributed by atoms with Gasteiger partial charge in [-0.1, -0.05) is 0 Å². The number of nitro groups is 1. The monoisotopic (exact) mass is 411 g/mol. The lowest BCUT2D eigenvalue weighted by molar-refractivity contribution is -0.384. The molecule has 1 N–H and O–H groups in total. The average Bonchev–Trinajstić information content (AvgIpc) is 3.15. The van der Waals surface area contributed by atoms with Gasteiger partial charge >= 0.3 is 0 Å². The van der Waals surface area contributed by atoms with E-state index < -0.39 is 10.8 Å². The number of fused-ring (bicyclic) bond motifs is 1. The molecule has 1 fully saturated rings. The number of carbonyl (C=O) groups is 1. The number of anilines is 1. The molecule has 156 valence electrons. The van der Waals surface area contributed by atoms with Crippen molar-refractivity contribution in [3.8, 4) is 0 Å². The Hall–Kier alpha value is -3.60. The highest BCUT2D eigenvalue weighted by Gasteiger charge is 2.23. The van der Waals surface area contributed by atoms with E-state index in [9.17, 15) is 14.9 Å². The maximum atomic E-state index is 12.6. The van der Waals surface area contributed by atoms with Crippen LogP contribution in [0.15, 0.2) is 24.3 Å². The van der Waals surface area contributed by atoms with E-state index in [1.807, 2.05) is 24.8 Å². The molecule has 3 aromatic rings. The molecule has 1 amide bonds. The minimum atomic E-state index is -0.467. The molecule has 1 saturated heterocycles. The number of amides is 1. The number of nitrogens with one attached hydrogen (secondary N) is 1. The predicted octanol–water partition coefficient (Wildman–Crippen LogP) is 1.42. The molecule has 0 radical (unpaired) electrons. The predicted molar refractivity (Wildman–Crippen MR) is 108 cm³/mol. The molecule has 3 heterocycles. The van der Waals surface area contributed by atoms with Gasteiger partial charge in [0.15, 0.2) is 5.82 Å². The number of carbonyl (C=O) groups excluding carboxylic acids is 1. The van der Waals surface area contributed by atoms with E-state index in [0.29, 0.717) is 43.6 Å². The summed E-state index contributed by atoms with van der Waals surface area (Å²) in [6, 6.07) is 6.40. The molecule has 0 atom stereocenters. The maximum absolute atomic E-state index is 12.6. The van der Waals surface area contributed by atoms with Gasteiger partial charge in [0.2, 0.25) is 0 Å². The number of rotatable bonds is 5. The van der Waals surface area contributed by atoms with Crippen LogP contribution in [0.4, 0.5) is 11.4 Å². The van der Waals surface area contributed by atoms with Crippen LogP contribution >= 0.6 is 0 Å². The zero-order valence-electron chi connectivity index (χ0n) is 16.7. The molecule has 11 heteroatoms. The standard InChI is InChI=1S/C19H21N7O4/c1-12-9-13(2)25-17(22-23-19(25)21-12)11-20-18(27)14-3-4-15(16(10-14)26(28)29)24-5-7-30-8-6-24/h3-4,9-10H,5-8,11H2,1-2H3,(H,20,27). The molecule has 4 rings (SSSR count). The third kappa shape index (κ3) is 3.79. The van der Waals surface area contributed by atoms with Crippen molar-refractivity contribution >= 4 is 23.1 Å². The van der Waals surface area contributed by atoms with E-state index in [-0.39, 0.29) is 17.8 Å². The Balaban J connectivity index is 1.54. The fourth-order valence-electron chi connectivity index (χ4n) is 3.56. The van der Waals surface area contributed by atoms with Crippen LogP contribution < -0.4 is 10.2 Å². The Kier molecular flexibility index (Phi) is 5.27. The third-order valence-electron chi connectivity index (χ3n) is 4.95. The first-order valence-electron chi connectivity index (χ1n) is 9.51. The highest BCUT2D eigenvalue weighted by Crippen LogP contribution is 2.30. The minimum Gasteiger partial charge on any atom is -0.378 e. The van der Waals surface area contributed by atoms with E-state index >= 15 is 0 Å². The van der Waals surface area contributed by atoms with Gasteiger partial charge in [-0.3, -0.25) is 19.3 Å². The molecule has 30 heavy (non-hydrogen) atoms. The lowest BCUT2D eigenvalue weighted by Crippen LogP contribution is -2.36. The van der Waals surface area contributed by atoms with Crippen molar-refractivity contribution < 1.29 is 14.5 Å². The molecule has 0 unspecified atom stereocenters. The number of aryl methyl sites for hydroxylation is 2. The van der Waals surface area contributed by atoms with Gasteiger partial charge in [0, 0.05) is 36.1 Å². The van der Waals surface area contributed by atoms with Crippen LogP contribution in [0.5, 0.6) is 0 Å². The average molecular weight is 411 g/mol. The van der Waals surface area contributed by atoms with Crippen molar-refractivity contribution in [1.82, 2.24) is 24.9 Å². The first-order chi connectivity index (χ1) is 14.4. The zero-order chi connectivity index (χ0) is 21.3. The molecule has 1 aromatic carbocycles. The van der Waals surface area contributed by atoms with Crippen LogP contribution in [0.25, 0.3) is 5.78 Å². The SMILES string of the molecule is Cc1cc(C)n2c(CNC(=O)c3ccc(N4CCOCC4)c([N+](=O)[O-])c3)nnc2n1. The lowest BCUT2D eigenvalue weighted by Gasteiger charge is -2.28. The summed E-state index contributed by atoms with van der Waals surface area (Å²) in [6.07, 6.45) is 0. The molecular formula is C19H21N7O4. The van der Waals surface area contributed by atoms with Crippen molar-refractivity contribution in [2.24, 2.45) is 0 Å². The summed E-state index contributed by atoms with van der Waals surface area (Å²) in [7, 11) is 0. The van der Waals surface area contributed by atoms with Crippen molar-refractivity contribution in [3.05, 3.63) is 57.2 Å². The van der Waals surface area contributed by atoms with Crippen LogP contribution in [0.2, 0.25) is 0 Å². The molecule has 0 spiro atoms. The molecule has 1 aliphatic heterocycles. The Morgan fingerprint density at radius 2 is 2.00 bits per heavy atom. The summed E-state index contributed by atoms with van der Waals surface area (Å²) in [6.45, 7) is 6.06. The first-order valence-corrected chi connectivity index (χ1v) is 9.51. The number of benzene rings is 1. The van der Waals surface area contributed by atoms with Crippen LogP contribution in [-0.2, 0) is 11.3 Å². The van der Waals surface area contributed by atoms with E-state index in [0.717, 1.165) is 11.4 Å². The molecule has 11 nitrogen and oxygen atoms in total. The van der Waals surface area contributed by atoms with Gasteiger partial charge in [-0.2, -0.15) is 0 Å². The van der Waals surface area contributed by atoms with E-state index in [1.54, 1.807) is 16.5 Å². The lowest BCUT2D eigenvalue weighted by atomic mass is 10.1. The van der Waals surface area contributed by atoms with Gasteiger partial charge in [-0.25, -0.2) is 4.98 Å². The third-order valence-corrected chi connectivity index (χ3v) is 4.95. The number of aromatic nitrogens is 4. The number of morpholine rings is 1. The summed E-state index contributed by atoms with van der Waals surface area (Å²) in [5, 5.41) is 22.5. The quantitative estimate of drug-likeness (QED) is 0.493. The minimum absolute atomic E-state index is 0.104. The van der Waals surface area contributed by atoms with Gasteiger partial charge in [0.25, 0.3) is 17.4 Å². The molecule has 0 saturated carbocycles. The number of nitrogens with zero attached hydrogens (tertiary/aromatic N) is 6. The van der Waals surface area contributed by atoms with Crippen molar-refractivity contribution in [3.63, 3.8) is 0 Å². The highest BCUT2D eigenvalue weighted by atomic mass is 16.6. The van der Waals surface area contributed by atoms with E-state index in [2.05, 4.69) is 20.5 Å². The van der Waals surface area contributed by atoms with Crippen LogP contribution in [-0.4, -0.2) is 56.7 Å². The highest BCUT2D eigenvalue weighted by molar-refractivity contribution is 5.95. The van der Waals surface area contributed by atoms with Crippen LogP contribution in [0.3, 0.4) is 0 Å². The second-order valence-corrected chi connectivity index (χ2v) is 7.03. The molecule has 2 aromatic heterocycles. The van der Waals surface area contributed by atoms with Gasteiger partial charge < -0.3 is 15.0 Å². The summed E-state index contributed by atoms with van der Waals surface area (Å²) in [5.74, 6) is 0.561. The second kappa shape index (κ2) is 8.03. The number of nitro benzene ring substituents is 1. The normalized spacial score (nSPS) is 14.1. The van der Waals surface area contributed by atoms with Gasteiger partial charge in [0.05, 0.1) is 24.7 Å².